The molecule has 6 nitrogen and oxygen atoms in total. The second kappa shape index (κ2) is 7.74. The lowest BCUT2D eigenvalue weighted by Gasteiger charge is -2.15. The zero-order valence-corrected chi connectivity index (χ0v) is 16.4. The van der Waals surface area contributed by atoms with Crippen LogP contribution in [0.4, 0.5) is 0 Å². The second-order valence-electron chi connectivity index (χ2n) is 7.16. The molecule has 0 aliphatic carbocycles. The average Bonchev–Trinajstić information content (AvgIpc) is 3.37. The predicted octanol–water partition coefficient (Wildman–Crippen LogP) is 3.67. The van der Waals surface area contributed by atoms with E-state index in [1.807, 2.05) is 42.2 Å². The SMILES string of the molecule is Cc1c(CN2CCC(c3cc(COc4cccc(Cl)c4)[nH]n3)C2)cnn1C. The lowest BCUT2D eigenvalue weighted by Crippen LogP contribution is -2.20. The van der Waals surface area contributed by atoms with Crippen LogP contribution >= 0.6 is 11.6 Å². The van der Waals surface area contributed by atoms with Crippen molar-refractivity contribution in [2.45, 2.75) is 32.4 Å². The average molecular weight is 386 g/mol. The molecule has 1 saturated heterocycles. The number of aryl methyl sites for hydroxylation is 1. The first-order valence-corrected chi connectivity index (χ1v) is 9.58. The highest BCUT2D eigenvalue weighted by atomic mass is 35.5. The highest BCUT2D eigenvalue weighted by Gasteiger charge is 2.26. The van der Waals surface area contributed by atoms with Gasteiger partial charge in [-0.05, 0) is 44.2 Å². The third-order valence-electron chi connectivity index (χ3n) is 5.26. The third-order valence-corrected chi connectivity index (χ3v) is 5.50. The van der Waals surface area contributed by atoms with Crippen molar-refractivity contribution in [3.05, 3.63) is 64.2 Å². The normalized spacial score (nSPS) is 17.5. The number of nitrogens with one attached hydrogen (secondary N) is 1. The van der Waals surface area contributed by atoms with Crippen LogP contribution in [0, 0.1) is 6.92 Å². The van der Waals surface area contributed by atoms with Gasteiger partial charge in [-0.15, -0.1) is 0 Å². The summed E-state index contributed by atoms with van der Waals surface area (Å²) in [5, 5.41) is 12.6. The van der Waals surface area contributed by atoms with Crippen molar-refractivity contribution >= 4 is 11.6 Å². The molecule has 1 fully saturated rings. The van der Waals surface area contributed by atoms with Gasteiger partial charge < -0.3 is 4.74 Å². The van der Waals surface area contributed by atoms with Gasteiger partial charge in [0.05, 0.1) is 17.6 Å². The van der Waals surface area contributed by atoms with E-state index in [4.69, 9.17) is 16.3 Å². The molecule has 1 aliphatic heterocycles. The molecular weight excluding hydrogens is 362 g/mol. The van der Waals surface area contributed by atoms with Crippen LogP contribution in [0.2, 0.25) is 5.02 Å². The topological polar surface area (TPSA) is 59.0 Å². The van der Waals surface area contributed by atoms with E-state index in [0.29, 0.717) is 17.5 Å². The summed E-state index contributed by atoms with van der Waals surface area (Å²) in [7, 11) is 1.99. The Bertz CT molecular complexity index is 919. The predicted molar refractivity (Wildman–Crippen MR) is 105 cm³/mol. The molecule has 0 amide bonds. The van der Waals surface area contributed by atoms with Crippen LogP contribution in [0.1, 0.15) is 35.0 Å². The molecule has 3 aromatic rings. The van der Waals surface area contributed by atoms with Gasteiger partial charge in [0.15, 0.2) is 0 Å². The highest BCUT2D eigenvalue weighted by Crippen LogP contribution is 2.28. The number of aromatic amines is 1. The van der Waals surface area contributed by atoms with Crippen molar-refractivity contribution < 1.29 is 4.74 Å². The van der Waals surface area contributed by atoms with Crippen molar-refractivity contribution in [3.63, 3.8) is 0 Å². The number of benzene rings is 1. The Labute approximate surface area is 164 Å². The fourth-order valence-corrected chi connectivity index (χ4v) is 3.72. The van der Waals surface area contributed by atoms with Gasteiger partial charge in [0.25, 0.3) is 0 Å². The summed E-state index contributed by atoms with van der Waals surface area (Å²) >= 11 is 5.99. The minimum Gasteiger partial charge on any atom is -0.487 e. The Balaban J connectivity index is 1.33. The van der Waals surface area contributed by atoms with Gasteiger partial charge in [-0.2, -0.15) is 10.2 Å². The molecule has 2 aromatic heterocycles. The summed E-state index contributed by atoms with van der Waals surface area (Å²) in [6, 6.07) is 9.55. The molecular formula is C20H24ClN5O. The van der Waals surface area contributed by atoms with Gasteiger partial charge in [0.2, 0.25) is 0 Å². The molecule has 7 heteroatoms. The van der Waals surface area contributed by atoms with Crippen LogP contribution in [0.15, 0.2) is 36.5 Å². The monoisotopic (exact) mass is 385 g/mol. The molecule has 1 N–H and O–H groups in total. The Kier molecular flexibility index (Phi) is 5.18. The van der Waals surface area contributed by atoms with Gasteiger partial charge in [-0.1, -0.05) is 17.7 Å². The van der Waals surface area contributed by atoms with Crippen molar-refractivity contribution in [2.75, 3.05) is 13.1 Å². The Morgan fingerprint density at radius 3 is 3.00 bits per heavy atom. The van der Waals surface area contributed by atoms with Crippen LogP contribution in [-0.2, 0) is 20.2 Å². The van der Waals surface area contributed by atoms with Crippen LogP contribution in [0.5, 0.6) is 5.75 Å². The van der Waals surface area contributed by atoms with Crippen molar-refractivity contribution in [1.29, 1.82) is 0 Å². The lowest BCUT2D eigenvalue weighted by molar-refractivity contribution is 0.301. The molecule has 142 valence electrons. The molecule has 4 rings (SSSR count). The van der Waals surface area contributed by atoms with Crippen molar-refractivity contribution in [3.8, 4) is 5.75 Å². The minimum absolute atomic E-state index is 0.457. The Morgan fingerprint density at radius 2 is 2.22 bits per heavy atom. The van der Waals surface area contributed by atoms with E-state index < -0.39 is 0 Å². The molecule has 0 bridgehead atoms. The summed E-state index contributed by atoms with van der Waals surface area (Å²) in [4.78, 5) is 2.48. The smallest absolute Gasteiger partial charge is 0.130 e. The second-order valence-corrected chi connectivity index (χ2v) is 7.60. The van der Waals surface area contributed by atoms with Gasteiger partial charge in [0.1, 0.15) is 12.4 Å². The number of hydrogen-bond donors (Lipinski definition) is 1. The number of likely N-dealkylation sites (tertiary alicyclic amines) is 1. The molecule has 0 radical (unpaired) electrons. The first kappa shape index (κ1) is 18.1. The van der Waals surface area contributed by atoms with E-state index in [1.165, 1.54) is 11.3 Å². The summed E-state index contributed by atoms with van der Waals surface area (Å²) in [6.07, 6.45) is 3.10. The Hall–Kier alpha value is -2.31. The van der Waals surface area contributed by atoms with E-state index in [-0.39, 0.29) is 0 Å². The number of ether oxygens (including phenoxy) is 1. The van der Waals surface area contributed by atoms with Crippen molar-refractivity contribution in [1.82, 2.24) is 24.9 Å². The highest BCUT2D eigenvalue weighted by molar-refractivity contribution is 6.30. The number of H-pyrrole nitrogens is 1. The summed E-state index contributed by atoms with van der Waals surface area (Å²) in [5.74, 6) is 1.22. The van der Waals surface area contributed by atoms with E-state index >= 15 is 0 Å². The number of aromatic nitrogens is 4. The molecule has 1 unspecified atom stereocenters. The zero-order chi connectivity index (χ0) is 18.8. The fourth-order valence-electron chi connectivity index (χ4n) is 3.54. The summed E-state index contributed by atoms with van der Waals surface area (Å²) in [6.45, 7) is 5.63. The van der Waals surface area contributed by atoms with Gasteiger partial charge in [-0.3, -0.25) is 14.7 Å². The lowest BCUT2D eigenvalue weighted by atomic mass is 10.1. The zero-order valence-electron chi connectivity index (χ0n) is 15.7. The number of halogens is 1. The first-order valence-electron chi connectivity index (χ1n) is 9.21. The van der Waals surface area contributed by atoms with Gasteiger partial charge in [-0.25, -0.2) is 0 Å². The maximum Gasteiger partial charge on any atom is 0.130 e. The van der Waals surface area contributed by atoms with Crippen LogP contribution in [0.25, 0.3) is 0 Å². The fraction of sp³-hybridized carbons (Fsp3) is 0.400. The molecule has 0 spiro atoms. The van der Waals surface area contributed by atoms with E-state index in [0.717, 1.165) is 43.2 Å². The van der Waals surface area contributed by atoms with Crippen LogP contribution in [0.3, 0.4) is 0 Å². The summed E-state index contributed by atoms with van der Waals surface area (Å²) in [5.41, 5.74) is 4.63. The van der Waals surface area contributed by atoms with Crippen molar-refractivity contribution in [2.24, 2.45) is 7.05 Å². The van der Waals surface area contributed by atoms with Gasteiger partial charge >= 0.3 is 0 Å². The Morgan fingerprint density at radius 1 is 1.33 bits per heavy atom. The largest absolute Gasteiger partial charge is 0.487 e. The van der Waals surface area contributed by atoms with Crippen LogP contribution in [-0.4, -0.2) is 38.0 Å². The molecule has 0 saturated carbocycles. The first-order chi connectivity index (χ1) is 13.1. The van der Waals surface area contributed by atoms with E-state index in [9.17, 15) is 0 Å². The third kappa shape index (κ3) is 4.17. The van der Waals surface area contributed by atoms with Crippen LogP contribution < -0.4 is 4.74 Å². The molecule has 1 aliphatic rings. The quantitative estimate of drug-likeness (QED) is 0.703. The maximum atomic E-state index is 5.99. The molecule has 27 heavy (non-hydrogen) atoms. The van der Waals surface area contributed by atoms with E-state index in [2.05, 4.69) is 33.2 Å². The number of nitrogens with zero attached hydrogens (tertiary/aromatic N) is 4. The molecule has 3 heterocycles. The maximum absolute atomic E-state index is 5.99. The minimum atomic E-state index is 0.457. The van der Waals surface area contributed by atoms with Gasteiger partial charge in [0, 0.05) is 42.3 Å². The molecule has 1 atom stereocenters. The summed E-state index contributed by atoms with van der Waals surface area (Å²) < 4.78 is 7.72. The molecule has 1 aromatic carbocycles. The van der Waals surface area contributed by atoms with E-state index in [1.54, 1.807) is 0 Å². The standard InChI is InChI=1S/C20H24ClN5O/c1-14-16(10-22-25(14)2)12-26-7-6-15(11-26)20-9-18(23-24-20)13-27-19-5-3-4-17(21)8-19/h3-5,8-10,15H,6-7,11-13H2,1-2H3,(H,23,24). The number of hydrogen-bond acceptors (Lipinski definition) is 4. The number of rotatable bonds is 6.